The van der Waals surface area contributed by atoms with Gasteiger partial charge < -0.3 is 0 Å². The average molecular weight is 379 g/mol. The third kappa shape index (κ3) is 3.09. The number of aryl methyl sites for hydroxylation is 1. The summed E-state index contributed by atoms with van der Waals surface area (Å²) in [6, 6.07) is 20.0. The highest BCUT2D eigenvalue weighted by molar-refractivity contribution is 7.21. The number of carbonyl (C=O) groups is 1. The fraction of sp³-hybridized carbons (Fsp3) is 0.0476. The first-order valence-electron chi connectivity index (χ1n) is 8.13. The maximum absolute atomic E-state index is 12.5. The number of benzene rings is 3. The lowest BCUT2D eigenvalue weighted by Gasteiger charge is -2.01. The van der Waals surface area contributed by atoms with E-state index in [1.54, 1.807) is 6.21 Å². The maximum atomic E-state index is 12.5. The lowest BCUT2D eigenvalue weighted by Crippen LogP contribution is -2.16. The van der Waals surface area contributed by atoms with Crippen molar-refractivity contribution in [2.24, 2.45) is 5.10 Å². The second-order valence-corrected chi connectivity index (χ2v) is 7.44. The molecule has 0 unspecified atom stereocenters. The molecule has 0 atom stereocenters. The molecular weight excluding hydrogens is 364 g/mol. The predicted molar refractivity (Wildman–Crippen MR) is 111 cm³/mol. The molecule has 0 radical (unpaired) electrons. The van der Waals surface area contributed by atoms with E-state index in [2.05, 4.69) is 10.5 Å². The summed E-state index contributed by atoms with van der Waals surface area (Å²) in [7, 11) is 0. The van der Waals surface area contributed by atoms with Gasteiger partial charge in [-0.2, -0.15) is 5.10 Å². The first kappa shape index (κ1) is 16.8. The van der Waals surface area contributed by atoms with E-state index in [1.165, 1.54) is 11.3 Å². The van der Waals surface area contributed by atoms with Gasteiger partial charge in [0.2, 0.25) is 0 Å². The van der Waals surface area contributed by atoms with Crippen LogP contribution in [0.5, 0.6) is 0 Å². The van der Waals surface area contributed by atoms with Gasteiger partial charge in [-0.1, -0.05) is 66.2 Å². The van der Waals surface area contributed by atoms with E-state index in [9.17, 15) is 4.79 Å². The summed E-state index contributed by atoms with van der Waals surface area (Å²) in [6.07, 6.45) is 1.66. The first-order chi connectivity index (χ1) is 12.6. The maximum Gasteiger partial charge on any atom is 0.283 e. The minimum Gasteiger partial charge on any atom is -0.266 e. The topological polar surface area (TPSA) is 41.5 Å². The van der Waals surface area contributed by atoms with Crippen LogP contribution in [0.1, 0.15) is 20.8 Å². The van der Waals surface area contributed by atoms with Crippen LogP contribution in [0.2, 0.25) is 5.02 Å². The molecular formula is C21H15ClN2OS. The number of hydrazone groups is 1. The minimum absolute atomic E-state index is 0.301. The molecule has 5 heteroatoms. The number of nitrogens with zero attached hydrogens (tertiary/aromatic N) is 1. The number of thiophene rings is 1. The van der Waals surface area contributed by atoms with Gasteiger partial charge >= 0.3 is 0 Å². The van der Waals surface area contributed by atoms with Crippen molar-refractivity contribution in [1.29, 1.82) is 0 Å². The Morgan fingerprint density at radius 3 is 2.77 bits per heavy atom. The monoisotopic (exact) mass is 378 g/mol. The molecule has 0 spiro atoms. The molecule has 0 aliphatic carbocycles. The number of rotatable bonds is 3. The normalized spacial score (nSPS) is 11.5. The van der Waals surface area contributed by atoms with Crippen molar-refractivity contribution in [1.82, 2.24) is 5.43 Å². The van der Waals surface area contributed by atoms with Crippen LogP contribution in [0.4, 0.5) is 0 Å². The molecule has 128 valence electrons. The summed E-state index contributed by atoms with van der Waals surface area (Å²) < 4.78 is 0.998. The molecule has 0 fully saturated rings. The summed E-state index contributed by atoms with van der Waals surface area (Å²) in [6.45, 7) is 2.02. The van der Waals surface area contributed by atoms with E-state index in [4.69, 9.17) is 11.6 Å². The van der Waals surface area contributed by atoms with Crippen molar-refractivity contribution in [2.75, 3.05) is 0 Å². The van der Waals surface area contributed by atoms with Crippen molar-refractivity contribution in [3.63, 3.8) is 0 Å². The van der Waals surface area contributed by atoms with Crippen molar-refractivity contribution in [2.45, 2.75) is 6.92 Å². The van der Waals surface area contributed by atoms with Crippen LogP contribution in [0, 0.1) is 6.92 Å². The second kappa shape index (κ2) is 6.90. The molecule has 1 amide bonds. The standard InChI is InChI=1S/C21H15ClN2OS/c1-13-9-10-17-18(11-13)26-20(19(17)22)21(25)24-23-12-15-7-4-6-14-5-2-3-8-16(14)15/h2-12H,1H3,(H,24,25). The number of amides is 1. The highest BCUT2D eigenvalue weighted by atomic mass is 35.5. The van der Waals surface area contributed by atoms with Crippen LogP contribution < -0.4 is 5.43 Å². The third-order valence-corrected chi connectivity index (χ3v) is 5.84. The Labute approximate surface area is 159 Å². The highest BCUT2D eigenvalue weighted by Crippen LogP contribution is 2.35. The number of nitrogens with one attached hydrogen (secondary N) is 1. The van der Waals surface area contributed by atoms with Gasteiger partial charge in [-0.05, 0) is 29.3 Å². The van der Waals surface area contributed by atoms with Crippen molar-refractivity contribution in [3.05, 3.63) is 81.7 Å². The van der Waals surface area contributed by atoms with Crippen molar-refractivity contribution in [3.8, 4) is 0 Å². The van der Waals surface area contributed by atoms with E-state index in [0.717, 1.165) is 32.0 Å². The molecule has 1 aromatic heterocycles. The van der Waals surface area contributed by atoms with Crippen LogP contribution in [0.15, 0.2) is 65.8 Å². The minimum atomic E-state index is -0.301. The SMILES string of the molecule is Cc1ccc2c(Cl)c(C(=O)NN=Cc3cccc4ccccc34)sc2c1. The van der Waals surface area contributed by atoms with Crippen LogP contribution in [-0.4, -0.2) is 12.1 Å². The highest BCUT2D eigenvalue weighted by Gasteiger charge is 2.16. The van der Waals surface area contributed by atoms with Crippen LogP contribution in [0.25, 0.3) is 20.9 Å². The number of fused-ring (bicyclic) bond motifs is 2. The van der Waals surface area contributed by atoms with Gasteiger partial charge in [-0.3, -0.25) is 4.79 Å². The molecule has 3 nitrogen and oxygen atoms in total. The van der Waals surface area contributed by atoms with E-state index in [-0.39, 0.29) is 5.91 Å². The average Bonchev–Trinajstić information content (AvgIpc) is 2.98. The number of hydrogen-bond donors (Lipinski definition) is 1. The van der Waals surface area contributed by atoms with Gasteiger partial charge in [0, 0.05) is 15.6 Å². The molecule has 4 aromatic rings. The second-order valence-electron chi connectivity index (χ2n) is 6.01. The van der Waals surface area contributed by atoms with Crippen molar-refractivity contribution < 1.29 is 4.79 Å². The zero-order valence-electron chi connectivity index (χ0n) is 14.0. The largest absolute Gasteiger partial charge is 0.283 e. The molecule has 3 aromatic carbocycles. The van der Waals surface area contributed by atoms with Gasteiger partial charge in [0.05, 0.1) is 11.2 Å². The molecule has 4 rings (SSSR count). The van der Waals surface area contributed by atoms with E-state index in [1.807, 2.05) is 67.6 Å². The van der Waals surface area contributed by atoms with Gasteiger partial charge in [0.25, 0.3) is 5.91 Å². The fourth-order valence-corrected chi connectivity index (χ4v) is 4.40. The Morgan fingerprint density at radius 2 is 1.88 bits per heavy atom. The first-order valence-corrected chi connectivity index (χ1v) is 9.33. The zero-order chi connectivity index (χ0) is 18.1. The van der Waals surface area contributed by atoms with E-state index in [0.29, 0.717) is 9.90 Å². The smallest absolute Gasteiger partial charge is 0.266 e. The summed E-state index contributed by atoms with van der Waals surface area (Å²) >= 11 is 7.75. The Kier molecular flexibility index (Phi) is 4.45. The molecule has 1 N–H and O–H groups in total. The lowest BCUT2D eigenvalue weighted by atomic mass is 10.1. The van der Waals surface area contributed by atoms with Gasteiger partial charge in [-0.15, -0.1) is 11.3 Å². The summed E-state index contributed by atoms with van der Waals surface area (Å²) in [4.78, 5) is 12.9. The van der Waals surface area contributed by atoms with Crippen molar-refractivity contribution >= 4 is 55.9 Å². The third-order valence-electron chi connectivity index (χ3n) is 4.18. The summed E-state index contributed by atoms with van der Waals surface area (Å²) in [5.41, 5.74) is 4.67. The molecule has 0 saturated heterocycles. The summed E-state index contributed by atoms with van der Waals surface area (Å²) in [5, 5.41) is 7.71. The van der Waals surface area contributed by atoms with Crippen LogP contribution in [0.3, 0.4) is 0 Å². The Morgan fingerprint density at radius 1 is 1.08 bits per heavy atom. The summed E-state index contributed by atoms with van der Waals surface area (Å²) in [5.74, 6) is -0.301. The Hall–Kier alpha value is -2.69. The number of carbonyl (C=O) groups excluding carboxylic acids is 1. The van der Waals surface area contributed by atoms with Gasteiger partial charge in [0.15, 0.2) is 0 Å². The quantitative estimate of drug-likeness (QED) is 0.356. The Balaban J connectivity index is 1.59. The molecule has 0 aliphatic heterocycles. The zero-order valence-corrected chi connectivity index (χ0v) is 15.6. The lowest BCUT2D eigenvalue weighted by molar-refractivity contribution is 0.0959. The molecule has 1 heterocycles. The van der Waals surface area contributed by atoms with Gasteiger partial charge in [0.1, 0.15) is 4.88 Å². The predicted octanol–water partition coefficient (Wildman–Crippen LogP) is 5.78. The Bertz CT molecular complexity index is 1160. The van der Waals surface area contributed by atoms with Gasteiger partial charge in [-0.25, -0.2) is 5.43 Å². The van der Waals surface area contributed by atoms with Crippen LogP contribution >= 0.6 is 22.9 Å². The fourth-order valence-electron chi connectivity index (χ4n) is 2.89. The number of hydrogen-bond acceptors (Lipinski definition) is 3. The molecule has 0 aliphatic rings. The number of halogens is 1. The molecule has 0 saturated carbocycles. The molecule has 0 bridgehead atoms. The molecule has 26 heavy (non-hydrogen) atoms. The van der Waals surface area contributed by atoms with E-state index < -0.39 is 0 Å². The van der Waals surface area contributed by atoms with E-state index >= 15 is 0 Å². The van der Waals surface area contributed by atoms with Crippen LogP contribution in [-0.2, 0) is 0 Å².